The average molecular weight is 401 g/mol. The Morgan fingerprint density at radius 3 is 2.33 bits per heavy atom. The number of hydrogen-bond donors (Lipinski definition) is 2. The van der Waals surface area contributed by atoms with Crippen molar-refractivity contribution in [2.75, 3.05) is 47.6 Å². The van der Waals surface area contributed by atoms with Crippen molar-refractivity contribution in [3.63, 3.8) is 0 Å². The predicted molar refractivity (Wildman–Crippen MR) is 113 cm³/mol. The molecular weight excluding hydrogens is 382 g/mol. The summed E-state index contributed by atoms with van der Waals surface area (Å²) < 4.78 is 5.42. The monoisotopic (exact) mass is 401 g/mol. The van der Waals surface area contributed by atoms with Crippen molar-refractivity contribution in [3.05, 3.63) is 41.5 Å². The number of morpholine rings is 1. The van der Waals surface area contributed by atoms with E-state index in [1.807, 2.05) is 35.2 Å². The van der Waals surface area contributed by atoms with Crippen LogP contribution in [0.3, 0.4) is 0 Å². The van der Waals surface area contributed by atoms with E-state index >= 15 is 0 Å². The van der Waals surface area contributed by atoms with Crippen molar-refractivity contribution < 1.29 is 9.53 Å². The number of ether oxygens (including phenoxy) is 1. The summed E-state index contributed by atoms with van der Waals surface area (Å²) in [4.78, 5) is 25.4. The molecule has 0 unspecified atom stereocenters. The molecule has 150 valence electrons. The third kappa shape index (κ3) is 2.62. The highest BCUT2D eigenvalue weighted by Crippen LogP contribution is 2.43. The molecule has 9 nitrogen and oxygen atoms in total. The van der Waals surface area contributed by atoms with Crippen molar-refractivity contribution in [3.8, 4) is 6.07 Å². The minimum Gasteiger partial charge on any atom is -0.383 e. The van der Waals surface area contributed by atoms with Crippen LogP contribution in [0.1, 0.15) is 11.1 Å². The molecule has 1 amide bonds. The number of carbonyl (C=O) groups excluding carboxylic acids is 1. The van der Waals surface area contributed by atoms with E-state index < -0.39 is 0 Å². The first-order valence-corrected chi connectivity index (χ1v) is 9.62. The largest absolute Gasteiger partial charge is 0.383 e. The summed E-state index contributed by atoms with van der Waals surface area (Å²) in [5.41, 5.74) is 14.2. The highest BCUT2D eigenvalue weighted by atomic mass is 16.5. The second kappa shape index (κ2) is 6.86. The van der Waals surface area contributed by atoms with E-state index in [9.17, 15) is 10.1 Å². The zero-order valence-corrected chi connectivity index (χ0v) is 16.1. The molecule has 1 aromatic carbocycles. The highest BCUT2D eigenvalue weighted by Gasteiger charge is 2.35. The number of nitrogens with two attached hydrogens (primary N) is 2. The zero-order chi connectivity index (χ0) is 20.8. The molecule has 1 saturated heterocycles. The summed E-state index contributed by atoms with van der Waals surface area (Å²) in [6, 6.07) is 11.5. The number of amides is 1. The van der Waals surface area contributed by atoms with E-state index in [0.717, 1.165) is 0 Å². The number of hydrogen-bond acceptors (Lipinski definition) is 8. The maximum atomic E-state index is 12.9. The van der Waals surface area contributed by atoms with Gasteiger partial charge in [-0.3, -0.25) is 9.69 Å². The zero-order valence-electron chi connectivity index (χ0n) is 16.1. The van der Waals surface area contributed by atoms with Crippen LogP contribution in [0.5, 0.6) is 0 Å². The van der Waals surface area contributed by atoms with Crippen LogP contribution in [0.15, 0.2) is 30.3 Å². The molecule has 0 bridgehead atoms. The molecule has 4 heterocycles. The van der Waals surface area contributed by atoms with Crippen LogP contribution in [-0.4, -0.2) is 42.2 Å². The Morgan fingerprint density at radius 1 is 1.00 bits per heavy atom. The fourth-order valence-corrected chi connectivity index (χ4v) is 4.16. The van der Waals surface area contributed by atoms with Crippen molar-refractivity contribution in [2.45, 2.75) is 6.42 Å². The fourth-order valence-electron chi connectivity index (χ4n) is 4.16. The fraction of sp³-hybridized carbons (Fsp3) is 0.238. The number of carbonyl (C=O) groups is 1. The van der Waals surface area contributed by atoms with Gasteiger partial charge in [-0.05, 0) is 12.1 Å². The average Bonchev–Trinajstić information content (AvgIpc) is 3.10. The molecule has 2 aliphatic heterocycles. The van der Waals surface area contributed by atoms with Gasteiger partial charge in [-0.15, -0.1) is 0 Å². The molecule has 3 aromatic rings. The van der Waals surface area contributed by atoms with Gasteiger partial charge in [-0.2, -0.15) is 5.26 Å². The predicted octanol–water partition coefficient (Wildman–Crippen LogP) is 1.72. The van der Waals surface area contributed by atoms with Gasteiger partial charge in [0, 0.05) is 24.0 Å². The van der Waals surface area contributed by atoms with E-state index in [1.165, 1.54) is 4.90 Å². The number of anilines is 5. The highest BCUT2D eigenvalue weighted by molar-refractivity contribution is 6.15. The molecule has 0 spiro atoms. The van der Waals surface area contributed by atoms with Gasteiger partial charge in [0.15, 0.2) is 0 Å². The third-order valence-electron chi connectivity index (χ3n) is 5.49. The van der Waals surface area contributed by atoms with Gasteiger partial charge >= 0.3 is 0 Å². The first-order chi connectivity index (χ1) is 14.6. The van der Waals surface area contributed by atoms with Crippen molar-refractivity contribution >= 4 is 45.6 Å². The maximum absolute atomic E-state index is 12.9. The van der Waals surface area contributed by atoms with Gasteiger partial charge in [-0.1, -0.05) is 18.2 Å². The Balaban J connectivity index is 1.80. The Labute approximate surface area is 172 Å². The van der Waals surface area contributed by atoms with Gasteiger partial charge in [0.2, 0.25) is 5.91 Å². The molecule has 2 aliphatic rings. The molecule has 0 saturated carbocycles. The van der Waals surface area contributed by atoms with Gasteiger partial charge in [0.05, 0.1) is 30.7 Å². The molecule has 9 heteroatoms. The number of aromatic nitrogens is 2. The number of nitrogen functional groups attached to an aromatic ring is 2. The van der Waals surface area contributed by atoms with Crippen LogP contribution < -0.4 is 21.3 Å². The quantitative estimate of drug-likeness (QED) is 0.663. The van der Waals surface area contributed by atoms with E-state index in [1.54, 1.807) is 0 Å². The number of fused-ring (bicyclic) bond motifs is 3. The summed E-state index contributed by atoms with van der Waals surface area (Å²) in [6.45, 7) is 2.29. The lowest BCUT2D eigenvalue weighted by molar-refractivity contribution is -0.116. The summed E-state index contributed by atoms with van der Waals surface area (Å²) in [7, 11) is 0. The van der Waals surface area contributed by atoms with Crippen molar-refractivity contribution in [1.29, 1.82) is 5.26 Å². The van der Waals surface area contributed by atoms with Crippen molar-refractivity contribution in [1.82, 2.24) is 9.97 Å². The van der Waals surface area contributed by atoms with Crippen LogP contribution >= 0.6 is 0 Å². The van der Waals surface area contributed by atoms with E-state index in [2.05, 4.69) is 16.0 Å². The number of benzene rings is 1. The number of pyridine rings is 2. The van der Waals surface area contributed by atoms with Crippen LogP contribution in [0.2, 0.25) is 0 Å². The van der Waals surface area contributed by atoms with Crippen LogP contribution in [0.4, 0.5) is 29.0 Å². The number of rotatable bonds is 2. The molecule has 30 heavy (non-hydrogen) atoms. The summed E-state index contributed by atoms with van der Waals surface area (Å²) >= 11 is 0. The van der Waals surface area contributed by atoms with Gasteiger partial charge in [-0.25, -0.2) is 9.97 Å². The van der Waals surface area contributed by atoms with E-state index in [-0.39, 0.29) is 24.0 Å². The first kappa shape index (κ1) is 18.1. The second-order valence-electron chi connectivity index (χ2n) is 7.20. The summed E-state index contributed by atoms with van der Waals surface area (Å²) in [5, 5.41) is 11.0. The Bertz CT molecular complexity index is 1210. The lowest BCUT2D eigenvalue weighted by Crippen LogP contribution is -2.37. The molecule has 2 aromatic heterocycles. The minimum absolute atomic E-state index is 0.106. The number of nitrogens with zero attached hydrogens (tertiary/aromatic N) is 5. The Hall–Kier alpha value is -3.90. The molecule has 5 rings (SSSR count). The molecule has 0 radical (unpaired) electrons. The van der Waals surface area contributed by atoms with Gasteiger partial charge in [0.1, 0.15) is 34.9 Å². The molecule has 4 N–H and O–H groups in total. The van der Waals surface area contributed by atoms with Crippen LogP contribution in [-0.2, 0) is 16.0 Å². The SMILES string of the molecule is N#Cc1c(N2CCOCC2)nc(N)c2c(N)nc3c(c12)CC(=O)N3c1ccccc1. The maximum Gasteiger partial charge on any atom is 0.237 e. The van der Waals surface area contributed by atoms with E-state index in [0.29, 0.717) is 65.5 Å². The topological polar surface area (TPSA) is 134 Å². The summed E-state index contributed by atoms with van der Waals surface area (Å²) in [5.74, 6) is 1.14. The van der Waals surface area contributed by atoms with E-state index in [4.69, 9.17) is 16.2 Å². The Morgan fingerprint density at radius 2 is 1.67 bits per heavy atom. The molecule has 0 atom stereocenters. The first-order valence-electron chi connectivity index (χ1n) is 9.62. The standard InChI is InChI=1S/C21H19N7O2/c22-11-14-16-13-10-15(29)28(12-4-2-1-3-5-12)21(13)26-19(24)17(16)18(23)25-20(14)27-6-8-30-9-7-27/h1-5H,6-10H2,(H2,23,25)(H2,24,26). The van der Waals surface area contributed by atoms with Gasteiger partial charge in [0.25, 0.3) is 0 Å². The lowest BCUT2D eigenvalue weighted by Gasteiger charge is -2.29. The molecule has 1 fully saturated rings. The number of nitriles is 1. The number of para-hydroxylation sites is 1. The van der Waals surface area contributed by atoms with Gasteiger partial charge < -0.3 is 21.1 Å². The minimum atomic E-state index is -0.136. The lowest BCUT2D eigenvalue weighted by atomic mass is 10.0. The van der Waals surface area contributed by atoms with Crippen LogP contribution in [0.25, 0.3) is 10.8 Å². The smallest absolute Gasteiger partial charge is 0.237 e. The summed E-state index contributed by atoms with van der Waals surface area (Å²) in [6.07, 6.45) is 0.106. The van der Waals surface area contributed by atoms with Crippen molar-refractivity contribution in [2.24, 2.45) is 0 Å². The third-order valence-corrected chi connectivity index (χ3v) is 5.49. The normalized spacial score (nSPS) is 16.0. The Kier molecular flexibility index (Phi) is 4.15. The van der Waals surface area contributed by atoms with Crippen LogP contribution in [0, 0.1) is 11.3 Å². The molecule has 0 aliphatic carbocycles. The molecular formula is C21H19N7O2. The second-order valence-corrected chi connectivity index (χ2v) is 7.20.